The smallest absolute Gasteiger partial charge is 0.339 e. The van der Waals surface area contributed by atoms with Gasteiger partial charge in [0.05, 0.1) is 30.2 Å². The van der Waals surface area contributed by atoms with E-state index in [2.05, 4.69) is 15.5 Å². The molecule has 0 saturated heterocycles. The number of H-pyrrole nitrogens is 1. The molecule has 156 valence electrons. The summed E-state index contributed by atoms with van der Waals surface area (Å²) in [6.07, 6.45) is 1.57. The minimum absolute atomic E-state index is 0.253. The fraction of sp³-hybridized carbons (Fsp3) is 0.0870. The number of carbonyl (C=O) groups is 2. The maximum atomic E-state index is 12.5. The molecule has 0 saturated carbocycles. The zero-order valence-corrected chi connectivity index (χ0v) is 16.6. The summed E-state index contributed by atoms with van der Waals surface area (Å²) in [5.41, 5.74) is 2.77. The van der Waals surface area contributed by atoms with Crippen LogP contribution in [-0.4, -0.2) is 35.8 Å². The Hall–Kier alpha value is -4.33. The number of ether oxygens (including phenoxy) is 2. The lowest BCUT2D eigenvalue weighted by molar-refractivity contribution is -0.118. The number of hydrogen-bond acceptors (Lipinski definition) is 6. The van der Waals surface area contributed by atoms with Crippen molar-refractivity contribution in [3.05, 3.63) is 78.6 Å². The quantitative estimate of drug-likeness (QED) is 0.438. The lowest BCUT2D eigenvalue weighted by Gasteiger charge is -2.10. The zero-order chi connectivity index (χ0) is 21.6. The number of esters is 1. The van der Waals surface area contributed by atoms with Gasteiger partial charge in [0.2, 0.25) is 5.88 Å². The third-order valence-corrected chi connectivity index (χ3v) is 4.51. The van der Waals surface area contributed by atoms with Crippen molar-refractivity contribution < 1.29 is 23.5 Å². The van der Waals surface area contributed by atoms with E-state index < -0.39 is 11.9 Å². The Morgan fingerprint density at radius 3 is 2.55 bits per heavy atom. The van der Waals surface area contributed by atoms with Gasteiger partial charge >= 0.3 is 5.97 Å². The average molecular weight is 417 g/mol. The Labute approximate surface area is 177 Å². The molecule has 0 fully saturated rings. The maximum Gasteiger partial charge on any atom is 0.339 e. The summed E-state index contributed by atoms with van der Waals surface area (Å²) in [6, 6.07) is 19.7. The summed E-state index contributed by atoms with van der Waals surface area (Å²) >= 11 is 0. The number of nitrogens with one attached hydrogen (secondary N) is 2. The van der Waals surface area contributed by atoms with Gasteiger partial charge in [-0.3, -0.25) is 9.89 Å². The number of furan rings is 1. The normalized spacial score (nSPS) is 10.5. The predicted octanol–water partition coefficient (Wildman–Crippen LogP) is 4.14. The van der Waals surface area contributed by atoms with Crippen molar-refractivity contribution in [2.75, 3.05) is 19.0 Å². The molecule has 2 heterocycles. The van der Waals surface area contributed by atoms with E-state index >= 15 is 0 Å². The van der Waals surface area contributed by atoms with Crippen LogP contribution < -0.4 is 10.1 Å². The Bertz CT molecular complexity index is 1180. The van der Waals surface area contributed by atoms with Crippen LogP contribution in [0.1, 0.15) is 10.4 Å². The molecule has 0 spiro atoms. The highest BCUT2D eigenvalue weighted by molar-refractivity contribution is 6.01. The van der Waals surface area contributed by atoms with Gasteiger partial charge < -0.3 is 19.2 Å². The fourth-order valence-corrected chi connectivity index (χ4v) is 3.10. The van der Waals surface area contributed by atoms with Crippen LogP contribution in [0.5, 0.6) is 5.88 Å². The molecule has 8 nitrogen and oxygen atoms in total. The summed E-state index contributed by atoms with van der Waals surface area (Å²) in [6.45, 7) is -0.308. The van der Waals surface area contributed by atoms with Crippen molar-refractivity contribution in [2.24, 2.45) is 0 Å². The van der Waals surface area contributed by atoms with E-state index in [1.165, 1.54) is 7.11 Å². The number of rotatable bonds is 7. The van der Waals surface area contributed by atoms with Gasteiger partial charge in [-0.1, -0.05) is 42.5 Å². The molecule has 4 aromatic rings. The number of carbonyl (C=O) groups excluding carboxylic acids is 2. The molecular weight excluding hydrogens is 398 g/mol. The van der Waals surface area contributed by atoms with Crippen LogP contribution in [0.2, 0.25) is 0 Å². The van der Waals surface area contributed by atoms with Crippen molar-refractivity contribution in [1.29, 1.82) is 0 Å². The van der Waals surface area contributed by atoms with Gasteiger partial charge in [0.25, 0.3) is 5.91 Å². The van der Waals surface area contributed by atoms with Crippen molar-refractivity contribution in [3.63, 3.8) is 0 Å². The molecule has 1 amide bonds. The molecule has 0 bridgehead atoms. The third kappa shape index (κ3) is 4.32. The lowest BCUT2D eigenvalue weighted by atomic mass is 10.0. The molecule has 0 atom stereocenters. The largest absolute Gasteiger partial charge is 0.466 e. The first-order chi connectivity index (χ1) is 15.2. The maximum absolute atomic E-state index is 12.5. The van der Waals surface area contributed by atoms with E-state index in [4.69, 9.17) is 13.9 Å². The lowest BCUT2D eigenvalue weighted by Crippen LogP contribution is -2.22. The summed E-state index contributed by atoms with van der Waals surface area (Å²) in [5, 5.41) is 9.81. The second kappa shape index (κ2) is 9.00. The van der Waals surface area contributed by atoms with E-state index in [1.807, 2.05) is 30.3 Å². The number of nitrogens with zero attached hydrogens (tertiary/aromatic N) is 1. The van der Waals surface area contributed by atoms with Crippen LogP contribution in [0.25, 0.3) is 22.6 Å². The Balaban J connectivity index is 1.54. The van der Waals surface area contributed by atoms with Crippen LogP contribution in [0.3, 0.4) is 0 Å². The zero-order valence-electron chi connectivity index (χ0n) is 16.6. The third-order valence-electron chi connectivity index (χ3n) is 4.51. The van der Waals surface area contributed by atoms with E-state index in [9.17, 15) is 9.59 Å². The number of anilines is 1. The summed E-state index contributed by atoms with van der Waals surface area (Å²) in [5.74, 6) is -0.136. The van der Waals surface area contributed by atoms with Crippen molar-refractivity contribution in [3.8, 4) is 28.5 Å². The molecule has 31 heavy (non-hydrogen) atoms. The van der Waals surface area contributed by atoms with E-state index in [-0.39, 0.29) is 18.1 Å². The first-order valence-corrected chi connectivity index (χ1v) is 9.45. The number of hydrogen-bond donors (Lipinski definition) is 2. The number of methoxy groups -OCH3 is 1. The standard InChI is InChI=1S/C23H19N3O5/c1-29-23(28)16-10-5-6-11-17(16)24-19(27)14-31-22-20(15-8-3-2-4-9-15)21(25-26-22)18-12-7-13-30-18/h2-13H,14H2,1H3,(H,24,27)(H,25,26). The Kier molecular flexibility index (Phi) is 5.79. The molecule has 2 aromatic carbocycles. The fourth-order valence-electron chi connectivity index (χ4n) is 3.10. The topological polar surface area (TPSA) is 106 Å². The van der Waals surface area contributed by atoms with Gasteiger partial charge in [-0.05, 0) is 29.8 Å². The molecule has 2 aromatic heterocycles. The van der Waals surface area contributed by atoms with Gasteiger partial charge in [-0.2, -0.15) is 0 Å². The predicted molar refractivity (Wildman–Crippen MR) is 114 cm³/mol. The van der Waals surface area contributed by atoms with E-state index in [1.54, 1.807) is 42.7 Å². The first-order valence-electron chi connectivity index (χ1n) is 9.45. The molecule has 4 rings (SSSR count). The van der Waals surface area contributed by atoms with Gasteiger partial charge in [-0.25, -0.2) is 4.79 Å². The summed E-state index contributed by atoms with van der Waals surface area (Å²) in [4.78, 5) is 24.4. The van der Waals surface area contributed by atoms with Crippen molar-refractivity contribution in [2.45, 2.75) is 0 Å². The van der Waals surface area contributed by atoms with E-state index in [0.717, 1.165) is 5.56 Å². The van der Waals surface area contributed by atoms with Gasteiger partial charge in [0.1, 0.15) is 5.69 Å². The van der Waals surface area contributed by atoms with Gasteiger partial charge in [0.15, 0.2) is 12.4 Å². The first kappa shape index (κ1) is 20.0. The van der Waals surface area contributed by atoms with Crippen LogP contribution in [-0.2, 0) is 9.53 Å². The Morgan fingerprint density at radius 1 is 1.03 bits per heavy atom. The highest BCUT2D eigenvalue weighted by Gasteiger charge is 2.21. The molecule has 0 radical (unpaired) electrons. The monoisotopic (exact) mass is 417 g/mol. The summed E-state index contributed by atoms with van der Waals surface area (Å²) < 4.78 is 16.0. The molecule has 0 aliphatic carbocycles. The van der Waals surface area contributed by atoms with Gasteiger partial charge in [-0.15, -0.1) is 5.10 Å². The molecule has 0 unspecified atom stereocenters. The molecule has 0 aliphatic rings. The highest BCUT2D eigenvalue weighted by atomic mass is 16.5. The van der Waals surface area contributed by atoms with E-state index in [0.29, 0.717) is 22.7 Å². The van der Waals surface area contributed by atoms with Crippen molar-refractivity contribution in [1.82, 2.24) is 10.2 Å². The number of benzene rings is 2. The average Bonchev–Trinajstić information content (AvgIpc) is 3.48. The minimum atomic E-state index is -0.543. The Morgan fingerprint density at radius 2 is 1.81 bits per heavy atom. The second-order valence-electron chi connectivity index (χ2n) is 6.50. The van der Waals surface area contributed by atoms with Crippen LogP contribution >= 0.6 is 0 Å². The number of para-hydroxylation sites is 1. The SMILES string of the molecule is COC(=O)c1ccccc1NC(=O)COc1n[nH]c(-c2ccco2)c1-c1ccccc1. The summed E-state index contributed by atoms with van der Waals surface area (Å²) in [7, 11) is 1.28. The minimum Gasteiger partial charge on any atom is -0.466 e. The highest BCUT2D eigenvalue weighted by Crippen LogP contribution is 2.37. The van der Waals surface area contributed by atoms with Gasteiger partial charge in [0, 0.05) is 0 Å². The molecular formula is C23H19N3O5. The van der Waals surface area contributed by atoms with Crippen molar-refractivity contribution >= 4 is 17.6 Å². The van der Waals surface area contributed by atoms with Crippen LogP contribution in [0.15, 0.2) is 77.4 Å². The number of amides is 1. The number of aromatic nitrogens is 2. The second-order valence-corrected chi connectivity index (χ2v) is 6.50. The molecule has 0 aliphatic heterocycles. The van der Waals surface area contributed by atoms with Crippen LogP contribution in [0.4, 0.5) is 5.69 Å². The molecule has 8 heteroatoms. The number of aromatic amines is 1. The molecule has 2 N–H and O–H groups in total. The van der Waals surface area contributed by atoms with Crippen LogP contribution in [0, 0.1) is 0 Å².